The molecule has 0 heterocycles. The Morgan fingerprint density at radius 3 is 2.48 bits per heavy atom. The molecule has 0 saturated heterocycles. The molecular formula is C20H22FNO5. The molecule has 7 heteroatoms. The van der Waals surface area contributed by atoms with Crippen LogP contribution in [0.2, 0.25) is 0 Å². The van der Waals surface area contributed by atoms with Crippen LogP contribution in [0.15, 0.2) is 36.4 Å². The van der Waals surface area contributed by atoms with Crippen LogP contribution in [-0.2, 0) is 9.53 Å². The van der Waals surface area contributed by atoms with Crippen LogP contribution in [0.25, 0.3) is 0 Å². The maximum absolute atomic E-state index is 13.6. The van der Waals surface area contributed by atoms with Crippen molar-refractivity contribution in [3.8, 4) is 11.5 Å². The van der Waals surface area contributed by atoms with E-state index in [9.17, 15) is 14.0 Å². The summed E-state index contributed by atoms with van der Waals surface area (Å²) in [4.78, 5) is 23.6. The summed E-state index contributed by atoms with van der Waals surface area (Å²) in [6, 6.07) is 9.51. The topological polar surface area (TPSA) is 73.9 Å². The molecule has 0 aromatic heterocycles. The standard InChI is InChI=1S/C20H22FNO5/c1-13-4-6-17(14(2)10-13)26-9-8-22-19(23)12-27-20(24)15-5-7-18(25-3)16(21)11-15/h4-7,10-11H,8-9,12H2,1-3H3,(H,22,23). The van der Waals surface area contributed by atoms with E-state index in [0.29, 0.717) is 0 Å². The molecule has 0 aliphatic rings. The first kappa shape index (κ1) is 20.2. The molecule has 1 amide bonds. The number of ether oxygens (including phenoxy) is 3. The minimum absolute atomic E-state index is 0.000667. The molecule has 0 atom stereocenters. The Balaban J connectivity index is 1.71. The summed E-state index contributed by atoms with van der Waals surface area (Å²) >= 11 is 0. The van der Waals surface area contributed by atoms with Gasteiger partial charge in [0.25, 0.3) is 5.91 Å². The molecule has 1 N–H and O–H groups in total. The highest BCUT2D eigenvalue weighted by Crippen LogP contribution is 2.19. The Bertz CT molecular complexity index is 822. The summed E-state index contributed by atoms with van der Waals surface area (Å²) in [5.41, 5.74) is 2.16. The molecule has 0 radical (unpaired) electrons. The van der Waals surface area contributed by atoms with E-state index in [-0.39, 0.29) is 24.5 Å². The molecule has 144 valence electrons. The highest BCUT2D eigenvalue weighted by Gasteiger charge is 2.13. The second-order valence-corrected chi connectivity index (χ2v) is 5.89. The number of hydrogen-bond acceptors (Lipinski definition) is 5. The summed E-state index contributed by atoms with van der Waals surface area (Å²) in [5.74, 6) is -1.17. The molecule has 0 unspecified atom stereocenters. The molecule has 0 bridgehead atoms. The van der Waals surface area contributed by atoms with E-state index in [1.165, 1.54) is 19.2 Å². The summed E-state index contributed by atoms with van der Waals surface area (Å²) in [5, 5.41) is 2.58. The lowest BCUT2D eigenvalue weighted by Crippen LogP contribution is -2.32. The first-order valence-corrected chi connectivity index (χ1v) is 8.38. The lowest BCUT2D eigenvalue weighted by Gasteiger charge is -2.11. The molecule has 0 fully saturated rings. The van der Waals surface area contributed by atoms with E-state index in [2.05, 4.69) is 5.32 Å². The largest absolute Gasteiger partial charge is 0.494 e. The van der Waals surface area contributed by atoms with E-state index in [4.69, 9.17) is 14.2 Å². The SMILES string of the molecule is COc1ccc(C(=O)OCC(=O)NCCOc2ccc(C)cc2C)cc1F. The van der Waals surface area contributed by atoms with Crippen molar-refractivity contribution in [1.29, 1.82) is 0 Å². The van der Waals surface area contributed by atoms with Crippen LogP contribution >= 0.6 is 0 Å². The van der Waals surface area contributed by atoms with Crippen molar-refractivity contribution in [2.24, 2.45) is 0 Å². The van der Waals surface area contributed by atoms with Crippen LogP contribution in [0, 0.1) is 19.7 Å². The maximum Gasteiger partial charge on any atom is 0.338 e. The summed E-state index contributed by atoms with van der Waals surface area (Å²) in [7, 11) is 1.32. The third-order valence-electron chi connectivity index (χ3n) is 3.73. The Kier molecular flexibility index (Phi) is 7.16. The van der Waals surface area contributed by atoms with Gasteiger partial charge in [-0.3, -0.25) is 4.79 Å². The van der Waals surface area contributed by atoms with Crippen molar-refractivity contribution < 1.29 is 28.2 Å². The van der Waals surface area contributed by atoms with Gasteiger partial charge in [0.15, 0.2) is 18.2 Å². The average molecular weight is 375 g/mol. The zero-order valence-corrected chi connectivity index (χ0v) is 15.5. The number of halogens is 1. The Labute approximate surface area is 157 Å². The number of aryl methyl sites for hydroxylation is 2. The lowest BCUT2D eigenvalue weighted by atomic mass is 10.1. The number of carbonyl (C=O) groups is 2. The van der Waals surface area contributed by atoms with E-state index in [0.717, 1.165) is 22.9 Å². The fraction of sp³-hybridized carbons (Fsp3) is 0.300. The van der Waals surface area contributed by atoms with Gasteiger partial charge in [0.1, 0.15) is 12.4 Å². The first-order chi connectivity index (χ1) is 12.9. The third-order valence-corrected chi connectivity index (χ3v) is 3.73. The molecule has 0 spiro atoms. The van der Waals surface area contributed by atoms with Gasteiger partial charge in [0.2, 0.25) is 0 Å². The molecule has 2 aromatic rings. The van der Waals surface area contributed by atoms with Gasteiger partial charge in [0, 0.05) is 0 Å². The first-order valence-electron chi connectivity index (χ1n) is 8.38. The van der Waals surface area contributed by atoms with Gasteiger partial charge in [-0.25, -0.2) is 9.18 Å². The van der Waals surface area contributed by atoms with Crippen LogP contribution in [0.4, 0.5) is 4.39 Å². The van der Waals surface area contributed by atoms with Gasteiger partial charge < -0.3 is 19.5 Å². The smallest absolute Gasteiger partial charge is 0.338 e. The fourth-order valence-corrected chi connectivity index (χ4v) is 2.37. The molecule has 0 aliphatic heterocycles. The second-order valence-electron chi connectivity index (χ2n) is 5.89. The van der Waals surface area contributed by atoms with Gasteiger partial charge in [0.05, 0.1) is 19.2 Å². The zero-order valence-electron chi connectivity index (χ0n) is 15.5. The van der Waals surface area contributed by atoms with Gasteiger partial charge >= 0.3 is 5.97 Å². The van der Waals surface area contributed by atoms with Gasteiger partial charge in [-0.05, 0) is 43.7 Å². The number of benzene rings is 2. The minimum atomic E-state index is -0.793. The van der Waals surface area contributed by atoms with Gasteiger partial charge in [-0.2, -0.15) is 0 Å². The van der Waals surface area contributed by atoms with Crippen LogP contribution < -0.4 is 14.8 Å². The average Bonchev–Trinajstić information content (AvgIpc) is 2.64. The lowest BCUT2D eigenvalue weighted by molar-refractivity contribution is -0.124. The highest BCUT2D eigenvalue weighted by atomic mass is 19.1. The molecular weight excluding hydrogens is 353 g/mol. The summed E-state index contributed by atoms with van der Waals surface area (Å²) in [6.07, 6.45) is 0. The van der Waals surface area contributed by atoms with Crippen molar-refractivity contribution >= 4 is 11.9 Å². The highest BCUT2D eigenvalue weighted by molar-refractivity contribution is 5.91. The Morgan fingerprint density at radius 1 is 1.07 bits per heavy atom. The fourth-order valence-electron chi connectivity index (χ4n) is 2.37. The third kappa shape index (κ3) is 5.99. The van der Waals surface area contributed by atoms with Crippen molar-refractivity contribution in [3.63, 3.8) is 0 Å². The van der Waals surface area contributed by atoms with E-state index >= 15 is 0 Å². The van der Waals surface area contributed by atoms with E-state index < -0.39 is 24.3 Å². The number of esters is 1. The minimum Gasteiger partial charge on any atom is -0.494 e. The molecule has 6 nitrogen and oxygen atoms in total. The van der Waals surface area contributed by atoms with Crippen LogP contribution in [-0.4, -0.2) is 38.7 Å². The van der Waals surface area contributed by atoms with Crippen molar-refractivity contribution in [3.05, 3.63) is 58.9 Å². The van der Waals surface area contributed by atoms with Crippen molar-refractivity contribution in [2.45, 2.75) is 13.8 Å². The monoisotopic (exact) mass is 375 g/mol. The number of rotatable bonds is 8. The van der Waals surface area contributed by atoms with Crippen LogP contribution in [0.1, 0.15) is 21.5 Å². The predicted molar refractivity (Wildman–Crippen MR) is 97.7 cm³/mol. The zero-order chi connectivity index (χ0) is 19.8. The number of carbonyl (C=O) groups excluding carboxylic acids is 2. The van der Waals surface area contributed by atoms with Crippen LogP contribution in [0.5, 0.6) is 11.5 Å². The molecule has 2 rings (SSSR count). The number of hydrogen-bond donors (Lipinski definition) is 1. The number of methoxy groups -OCH3 is 1. The maximum atomic E-state index is 13.6. The van der Waals surface area contributed by atoms with E-state index in [1.807, 2.05) is 32.0 Å². The van der Waals surface area contributed by atoms with Crippen molar-refractivity contribution in [2.75, 3.05) is 26.9 Å². The second kappa shape index (κ2) is 9.56. The molecule has 2 aromatic carbocycles. The number of amides is 1. The molecule has 27 heavy (non-hydrogen) atoms. The number of nitrogens with one attached hydrogen (secondary N) is 1. The quantitative estimate of drug-likeness (QED) is 0.567. The Hall–Kier alpha value is -3.09. The normalized spacial score (nSPS) is 10.2. The summed E-state index contributed by atoms with van der Waals surface area (Å²) in [6.45, 7) is 4.03. The Morgan fingerprint density at radius 2 is 1.81 bits per heavy atom. The van der Waals surface area contributed by atoms with Crippen molar-refractivity contribution in [1.82, 2.24) is 5.32 Å². The van der Waals surface area contributed by atoms with Crippen LogP contribution in [0.3, 0.4) is 0 Å². The molecule has 0 aliphatic carbocycles. The van der Waals surface area contributed by atoms with Gasteiger partial charge in [-0.1, -0.05) is 17.7 Å². The van der Waals surface area contributed by atoms with E-state index in [1.54, 1.807) is 0 Å². The van der Waals surface area contributed by atoms with Gasteiger partial charge in [-0.15, -0.1) is 0 Å². The molecule has 0 saturated carbocycles. The predicted octanol–water partition coefficient (Wildman–Crippen LogP) is 2.80. The summed E-state index contributed by atoms with van der Waals surface area (Å²) < 4.78 is 28.8.